The number of carbonyl (C=O) groups excluding carboxylic acids is 1. The second-order valence-electron chi connectivity index (χ2n) is 4.68. The first-order valence-corrected chi connectivity index (χ1v) is 6.17. The summed E-state index contributed by atoms with van der Waals surface area (Å²) < 4.78 is 5.01. The smallest absolute Gasteiger partial charge is 0.220 e. The first-order valence-electron chi connectivity index (χ1n) is 6.17. The van der Waals surface area contributed by atoms with E-state index in [9.17, 15) is 4.79 Å². The molecule has 0 heterocycles. The number of benzene rings is 1. The molecule has 1 amide bonds. The molecule has 0 aromatic heterocycles. The number of anilines is 1. The zero-order valence-corrected chi connectivity index (χ0v) is 11.3. The van der Waals surface area contributed by atoms with Crippen molar-refractivity contribution in [3.8, 4) is 0 Å². The Kier molecular flexibility index (Phi) is 5.65. The molecule has 0 aliphatic rings. The van der Waals surface area contributed by atoms with Crippen LogP contribution in [-0.2, 0) is 9.53 Å². The van der Waals surface area contributed by atoms with Crippen LogP contribution in [0.3, 0.4) is 0 Å². The summed E-state index contributed by atoms with van der Waals surface area (Å²) in [6.07, 6.45) is 0.463. The third-order valence-corrected chi connectivity index (χ3v) is 2.83. The molecule has 0 bridgehead atoms. The van der Waals surface area contributed by atoms with Crippen LogP contribution < -0.4 is 11.1 Å². The molecular weight excluding hydrogens is 228 g/mol. The van der Waals surface area contributed by atoms with Crippen molar-refractivity contribution in [3.63, 3.8) is 0 Å². The number of methoxy groups -OCH3 is 1. The topological polar surface area (TPSA) is 64.3 Å². The molecule has 18 heavy (non-hydrogen) atoms. The van der Waals surface area contributed by atoms with Crippen LogP contribution in [0.2, 0.25) is 0 Å². The summed E-state index contributed by atoms with van der Waals surface area (Å²) in [6, 6.07) is 7.49. The van der Waals surface area contributed by atoms with Crippen LogP contribution in [0.25, 0.3) is 0 Å². The van der Waals surface area contributed by atoms with Crippen molar-refractivity contribution in [2.75, 3.05) is 19.5 Å². The van der Waals surface area contributed by atoms with Gasteiger partial charge in [-0.1, -0.05) is 25.1 Å². The predicted octanol–water partition coefficient (Wildman–Crippen LogP) is 2.12. The number of hydrogen-bond donors (Lipinski definition) is 2. The Labute approximate surface area is 109 Å². The van der Waals surface area contributed by atoms with Gasteiger partial charge in [0.15, 0.2) is 0 Å². The molecule has 0 aliphatic carbocycles. The molecule has 0 radical (unpaired) electrons. The van der Waals surface area contributed by atoms with E-state index in [0.717, 1.165) is 5.56 Å². The zero-order valence-electron chi connectivity index (χ0n) is 11.3. The van der Waals surface area contributed by atoms with Gasteiger partial charge in [-0.15, -0.1) is 0 Å². The minimum absolute atomic E-state index is 0.0234. The number of ether oxygens (including phenoxy) is 1. The lowest BCUT2D eigenvalue weighted by Crippen LogP contribution is -2.29. The molecule has 0 saturated carbocycles. The molecule has 1 rings (SSSR count). The number of hydrogen-bond acceptors (Lipinski definition) is 3. The fraction of sp³-hybridized carbons (Fsp3) is 0.500. The molecule has 0 spiro atoms. The molecule has 3 N–H and O–H groups in total. The third-order valence-electron chi connectivity index (χ3n) is 2.83. The molecule has 4 heteroatoms. The van der Waals surface area contributed by atoms with Crippen molar-refractivity contribution in [1.29, 1.82) is 0 Å². The third kappa shape index (κ3) is 4.37. The van der Waals surface area contributed by atoms with Crippen molar-refractivity contribution in [2.24, 2.45) is 5.92 Å². The normalized spacial score (nSPS) is 13.9. The second-order valence-corrected chi connectivity index (χ2v) is 4.68. The molecule has 2 atom stereocenters. The molecule has 100 valence electrons. The molecule has 0 aliphatic heterocycles. The number of nitrogen functional groups attached to an aromatic ring is 1. The van der Waals surface area contributed by atoms with Gasteiger partial charge < -0.3 is 15.8 Å². The Morgan fingerprint density at radius 1 is 1.39 bits per heavy atom. The molecule has 0 saturated heterocycles. The lowest BCUT2D eigenvalue weighted by molar-refractivity contribution is -0.122. The van der Waals surface area contributed by atoms with Gasteiger partial charge in [0.25, 0.3) is 0 Å². The van der Waals surface area contributed by atoms with Crippen LogP contribution in [-0.4, -0.2) is 19.6 Å². The van der Waals surface area contributed by atoms with E-state index in [1.165, 1.54) is 0 Å². The summed E-state index contributed by atoms with van der Waals surface area (Å²) in [5, 5.41) is 2.95. The SMILES string of the molecule is COCC(C)CC(=O)NC(C)c1ccccc1N. The first-order chi connectivity index (χ1) is 8.54. The van der Waals surface area contributed by atoms with Gasteiger partial charge in [-0.05, 0) is 24.5 Å². The van der Waals surface area contributed by atoms with Crippen LogP contribution in [0.1, 0.15) is 31.9 Å². The van der Waals surface area contributed by atoms with Crippen molar-refractivity contribution in [2.45, 2.75) is 26.3 Å². The zero-order chi connectivity index (χ0) is 13.5. The highest BCUT2D eigenvalue weighted by atomic mass is 16.5. The lowest BCUT2D eigenvalue weighted by Gasteiger charge is -2.17. The average Bonchev–Trinajstić information content (AvgIpc) is 2.29. The summed E-state index contributed by atoms with van der Waals surface area (Å²) >= 11 is 0. The maximum atomic E-state index is 11.8. The van der Waals surface area contributed by atoms with Crippen molar-refractivity contribution in [3.05, 3.63) is 29.8 Å². The highest BCUT2D eigenvalue weighted by molar-refractivity contribution is 5.77. The Morgan fingerprint density at radius 2 is 2.06 bits per heavy atom. The van der Waals surface area contributed by atoms with E-state index in [1.807, 2.05) is 38.1 Å². The maximum absolute atomic E-state index is 11.8. The molecule has 1 aromatic rings. The number of amides is 1. The minimum atomic E-state index is -0.0755. The lowest BCUT2D eigenvalue weighted by atomic mass is 10.0. The molecule has 2 unspecified atom stereocenters. The van der Waals surface area contributed by atoms with Crippen LogP contribution in [0, 0.1) is 5.92 Å². The van der Waals surface area contributed by atoms with E-state index in [1.54, 1.807) is 7.11 Å². The summed E-state index contributed by atoms with van der Waals surface area (Å²) in [6.45, 7) is 4.52. The molecule has 0 fully saturated rings. The van der Waals surface area contributed by atoms with E-state index in [4.69, 9.17) is 10.5 Å². The molecule has 4 nitrogen and oxygen atoms in total. The number of rotatable bonds is 6. The molecule has 1 aromatic carbocycles. The fourth-order valence-corrected chi connectivity index (χ4v) is 1.94. The van der Waals surface area contributed by atoms with E-state index >= 15 is 0 Å². The van der Waals surface area contributed by atoms with Gasteiger partial charge in [-0.2, -0.15) is 0 Å². The number of nitrogens with one attached hydrogen (secondary N) is 1. The highest BCUT2D eigenvalue weighted by Gasteiger charge is 2.14. The first kappa shape index (κ1) is 14.5. The number of nitrogens with two attached hydrogens (primary N) is 1. The summed E-state index contributed by atoms with van der Waals surface area (Å²) in [4.78, 5) is 11.8. The number of para-hydroxylation sites is 1. The molecular formula is C14H22N2O2. The van der Waals surface area contributed by atoms with E-state index in [-0.39, 0.29) is 17.9 Å². The quantitative estimate of drug-likeness (QED) is 0.760. The van der Waals surface area contributed by atoms with Gasteiger partial charge in [-0.25, -0.2) is 0 Å². The maximum Gasteiger partial charge on any atom is 0.220 e. The Hall–Kier alpha value is -1.55. The van der Waals surface area contributed by atoms with E-state index in [0.29, 0.717) is 18.7 Å². The van der Waals surface area contributed by atoms with Crippen LogP contribution >= 0.6 is 0 Å². The van der Waals surface area contributed by atoms with Crippen LogP contribution in [0.5, 0.6) is 0 Å². The Morgan fingerprint density at radius 3 is 2.67 bits per heavy atom. The fourth-order valence-electron chi connectivity index (χ4n) is 1.94. The van der Waals surface area contributed by atoms with Crippen molar-refractivity contribution < 1.29 is 9.53 Å². The van der Waals surface area contributed by atoms with E-state index in [2.05, 4.69) is 5.32 Å². The Balaban J connectivity index is 2.52. The van der Waals surface area contributed by atoms with Crippen LogP contribution in [0.4, 0.5) is 5.69 Å². The summed E-state index contributed by atoms with van der Waals surface area (Å²) in [5.74, 6) is 0.241. The second kappa shape index (κ2) is 7.01. The predicted molar refractivity (Wildman–Crippen MR) is 73.1 cm³/mol. The number of carbonyl (C=O) groups is 1. The Bertz CT molecular complexity index is 393. The highest BCUT2D eigenvalue weighted by Crippen LogP contribution is 2.19. The van der Waals surface area contributed by atoms with Crippen LogP contribution in [0.15, 0.2) is 24.3 Å². The largest absolute Gasteiger partial charge is 0.398 e. The minimum Gasteiger partial charge on any atom is -0.398 e. The van der Waals surface area contributed by atoms with Gasteiger partial charge in [0, 0.05) is 25.8 Å². The standard InChI is InChI=1S/C14H22N2O2/c1-10(9-18-3)8-14(17)16-11(2)12-6-4-5-7-13(12)15/h4-7,10-11H,8-9,15H2,1-3H3,(H,16,17). The van der Waals surface area contributed by atoms with Gasteiger partial charge >= 0.3 is 0 Å². The van der Waals surface area contributed by atoms with Gasteiger partial charge in [0.1, 0.15) is 0 Å². The monoisotopic (exact) mass is 250 g/mol. The summed E-state index contributed by atoms with van der Waals surface area (Å²) in [5.41, 5.74) is 7.53. The van der Waals surface area contributed by atoms with Gasteiger partial charge in [-0.3, -0.25) is 4.79 Å². The van der Waals surface area contributed by atoms with Gasteiger partial charge in [0.2, 0.25) is 5.91 Å². The van der Waals surface area contributed by atoms with E-state index < -0.39 is 0 Å². The van der Waals surface area contributed by atoms with Gasteiger partial charge in [0.05, 0.1) is 6.04 Å². The summed E-state index contributed by atoms with van der Waals surface area (Å²) in [7, 11) is 1.64. The van der Waals surface area contributed by atoms with Crippen molar-refractivity contribution >= 4 is 11.6 Å². The van der Waals surface area contributed by atoms with Crippen molar-refractivity contribution in [1.82, 2.24) is 5.32 Å². The average molecular weight is 250 g/mol.